The third-order valence-corrected chi connectivity index (χ3v) is 32.3. The molecule has 22 rings (SSSR count). The van der Waals surface area contributed by atoms with Crippen molar-refractivity contribution in [3.63, 3.8) is 0 Å². The summed E-state index contributed by atoms with van der Waals surface area (Å²) in [7, 11) is 0. The average Bonchev–Trinajstić information content (AvgIpc) is 1.60. The van der Waals surface area contributed by atoms with E-state index >= 15 is 0 Å². The summed E-state index contributed by atoms with van der Waals surface area (Å²) in [5.74, 6) is 15.7. The molecule has 3 aromatic heterocycles. The van der Waals surface area contributed by atoms with E-state index in [1.807, 2.05) is 226 Å². The highest BCUT2D eigenvalue weighted by atomic mass is 35.5. The number of carbonyl (C=O) groups is 6. The van der Waals surface area contributed by atoms with Gasteiger partial charge in [-0.1, -0.05) is 104 Å². The summed E-state index contributed by atoms with van der Waals surface area (Å²) >= 11 is 6.06. The van der Waals surface area contributed by atoms with Crippen molar-refractivity contribution in [2.75, 3.05) is 131 Å². The molecule has 14 aliphatic rings. The van der Waals surface area contributed by atoms with E-state index in [1.165, 1.54) is 22.9 Å². The number of para-hydroxylation sites is 4. The Morgan fingerprint density at radius 3 is 1.09 bits per heavy atom. The number of nitrogens with one attached hydrogen (secondary N) is 14. The maximum Gasteiger partial charge on any atom is 0.224 e. The maximum atomic E-state index is 13.5. The van der Waals surface area contributed by atoms with E-state index in [4.69, 9.17) is 45.0 Å². The highest BCUT2D eigenvalue weighted by Gasteiger charge is 2.63. The molecule has 7 aliphatic heterocycles. The van der Waals surface area contributed by atoms with Crippen LogP contribution in [0.25, 0.3) is 5.52 Å². The topological polar surface area (TPSA) is 356 Å². The molecule has 8 aromatic rings. The van der Waals surface area contributed by atoms with Crippen LogP contribution in [-0.4, -0.2) is 214 Å². The number of pyridine rings is 2. The van der Waals surface area contributed by atoms with Crippen LogP contribution in [0.2, 0.25) is 5.02 Å². The lowest BCUT2D eigenvalue weighted by Crippen LogP contribution is -2.49. The number of aryl methyl sites for hydroxylation is 5. The van der Waals surface area contributed by atoms with Gasteiger partial charge < -0.3 is 107 Å². The zero-order valence-corrected chi connectivity index (χ0v) is 91.5. The molecule has 7 aliphatic carbocycles. The van der Waals surface area contributed by atoms with Crippen LogP contribution in [0.4, 0.5) is 4.39 Å². The van der Waals surface area contributed by atoms with Gasteiger partial charge >= 0.3 is 0 Å². The van der Waals surface area contributed by atoms with Crippen LogP contribution in [-0.2, 0) is 40.7 Å². The lowest BCUT2D eigenvalue weighted by molar-refractivity contribution is -0.125. The van der Waals surface area contributed by atoms with Crippen LogP contribution < -0.4 is 103 Å². The standard InChI is InChI=1S/C18H26N2O2.C17H22N4O.C17H25N3O.2C17H24N2O2.C16H21ClN2O2.C16H21FN2O2/c1-4-12-7-5-6-8-15(12)22-11-18(2,3)20-17(21)16-13-9-19-10-14(13)16;1-10-13-6-4-5-7-21(13)16(19-10)17(2,3)20-15(22)14-11-8-18-9-12(11)14;1-11-15(6-5-7-19-11)21-10-17(3,4)20-12(2)16-13-8-18-9-14(13)16;1-11-5-4-6-12(7-11)21-10-17(2,3)19-16(20)15-13-8-18-9-14(13)15;1-11-6-4-5-7-14(11)21-10-17(2,3)19-16(20)15-12-8-18-9-13(12)15;2*1-16(2,9-21-13-6-4-3-5-12(13)17)19-15(20)14-10-7-18-8-11(10)14/h5-8,13-14,16,19H,4,9-11H2,1-3H3,(H,20,21);4-7,11-12,14,18H,8-9H2,1-3H3,(H,20,22);5-7,13-14,16,18,20H,2,8-10H2,1,3-4H3;4-7,13-15,18H,8-10H2,1-3H3,(H,19,20);4-7,12-13,15,18H,8-10H2,1-3H3,(H,19,20);2*3-6,10-11,14,18H,7-9H2,1-2H3,(H,19,20)/t13-,14+,16?;11-,12+,14?;13-,14+,16?;13-,14+,15?;12-,13+,15?;2*10-,11+,14?. The number of nitrogens with zero attached hydrogens (tertiary/aromatic N) is 3. The number of hydrogen-bond acceptors (Lipinski definition) is 22. The van der Waals surface area contributed by atoms with Crippen LogP contribution in [0.5, 0.6) is 34.5 Å². The first-order valence-corrected chi connectivity index (χ1v) is 54.4. The molecule has 7 saturated heterocycles. The third-order valence-electron chi connectivity index (χ3n) is 32.0. The highest BCUT2D eigenvalue weighted by molar-refractivity contribution is 6.32. The molecule has 7 saturated carbocycles. The van der Waals surface area contributed by atoms with E-state index in [-0.39, 0.29) is 111 Å². The summed E-state index contributed by atoms with van der Waals surface area (Å²) in [6.07, 6.45) is 4.74. The molecule has 29 nitrogen and oxygen atoms in total. The lowest BCUT2D eigenvalue weighted by atomic mass is 10.0. The predicted molar refractivity (Wildman–Crippen MR) is 580 cm³/mol. The summed E-state index contributed by atoms with van der Waals surface area (Å²) in [4.78, 5) is 83.1. The predicted octanol–water partition coefficient (Wildman–Crippen LogP) is 12.7. The van der Waals surface area contributed by atoms with Crippen LogP contribution in [0.15, 0.2) is 176 Å². The molecular weight excluding hydrogens is 1900 g/mol. The number of benzene rings is 5. The Labute approximate surface area is 885 Å². The number of rotatable bonds is 35. The fourth-order valence-corrected chi connectivity index (χ4v) is 23.5. The van der Waals surface area contributed by atoms with Gasteiger partial charge in [-0.05, 0) is 395 Å². The molecule has 806 valence electrons. The van der Waals surface area contributed by atoms with Crippen molar-refractivity contribution in [3.05, 3.63) is 221 Å². The number of amides is 6. The summed E-state index contributed by atoms with van der Waals surface area (Å²) in [5, 5.41) is 46.2. The smallest absolute Gasteiger partial charge is 0.224 e. The van der Waals surface area contributed by atoms with Crippen molar-refractivity contribution in [1.29, 1.82) is 0 Å². The van der Waals surface area contributed by atoms with Crippen molar-refractivity contribution in [1.82, 2.24) is 88.8 Å². The second-order valence-corrected chi connectivity index (χ2v) is 48.7. The molecule has 14 fully saturated rings. The van der Waals surface area contributed by atoms with Gasteiger partial charge in [0.25, 0.3) is 0 Å². The monoisotopic (exact) mass is 2060 g/mol. The second kappa shape index (κ2) is 46.7. The van der Waals surface area contributed by atoms with Gasteiger partial charge in [-0.25, -0.2) is 9.37 Å². The number of hydrogen-bond donors (Lipinski definition) is 14. The molecule has 7 unspecified atom stereocenters. The minimum atomic E-state index is -0.524. The molecule has 149 heavy (non-hydrogen) atoms. The third kappa shape index (κ3) is 28.5. The lowest BCUT2D eigenvalue weighted by Gasteiger charge is -2.29. The van der Waals surface area contributed by atoms with Gasteiger partial charge in [0.05, 0.1) is 60.7 Å². The molecular formula is C118H163ClFN17O12. The van der Waals surface area contributed by atoms with Crippen LogP contribution in [0.3, 0.4) is 0 Å². The Balaban J connectivity index is 0.000000124. The zero-order chi connectivity index (χ0) is 106. The Kier molecular flexibility index (Phi) is 34.7. The number of piperidine rings is 7. The first-order valence-electron chi connectivity index (χ1n) is 54.0. The van der Waals surface area contributed by atoms with E-state index < -0.39 is 16.6 Å². The summed E-state index contributed by atoms with van der Waals surface area (Å²) < 4.78 is 50.4. The summed E-state index contributed by atoms with van der Waals surface area (Å²) in [6, 6.07) is 47.6. The Bertz CT molecular complexity index is 5570. The first-order chi connectivity index (χ1) is 70.9. The molecule has 14 N–H and O–H groups in total. The highest BCUT2D eigenvalue weighted by Crippen LogP contribution is 2.55. The number of halogens is 2. The van der Waals surface area contributed by atoms with Gasteiger partial charge in [0, 0.05) is 59.5 Å². The van der Waals surface area contributed by atoms with E-state index in [0.29, 0.717) is 121 Å². The maximum absolute atomic E-state index is 13.5. The van der Waals surface area contributed by atoms with Crippen molar-refractivity contribution >= 4 is 52.6 Å². The van der Waals surface area contributed by atoms with Crippen LogP contribution in [0.1, 0.15) is 138 Å². The molecule has 0 spiro atoms. The molecule has 31 heteroatoms. The first kappa shape index (κ1) is 111. The zero-order valence-electron chi connectivity index (χ0n) is 90.8. The van der Waals surface area contributed by atoms with Gasteiger partial charge in [0.2, 0.25) is 35.4 Å². The van der Waals surface area contributed by atoms with Crippen molar-refractivity contribution in [3.8, 4) is 34.5 Å². The van der Waals surface area contributed by atoms with E-state index in [9.17, 15) is 33.2 Å². The van der Waals surface area contributed by atoms with Gasteiger partial charge in [-0.2, -0.15) is 0 Å². The van der Waals surface area contributed by atoms with E-state index in [2.05, 4.69) is 123 Å². The fraction of sp³-hybridized carbons (Fsp3) is 0.576. The molecule has 10 heterocycles. The second-order valence-electron chi connectivity index (χ2n) is 48.3. The largest absolute Gasteiger partial charge is 0.491 e. The van der Waals surface area contributed by atoms with Crippen LogP contribution >= 0.6 is 11.6 Å². The number of carbonyl (C=O) groups excluding carboxylic acids is 6. The number of imidazole rings is 1. The van der Waals surface area contributed by atoms with Gasteiger partial charge in [-0.3, -0.25) is 33.8 Å². The van der Waals surface area contributed by atoms with E-state index in [0.717, 1.165) is 161 Å². The van der Waals surface area contributed by atoms with Crippen molar-refractivity contribution in [2.45, 2.75) is 177 Å². The molecule has 5 aromatic carbocycles. The van der Waals surface area contributed by atoms with Gasteiger partial charge in [0.1, 0.15) is 74.2 Å². The molecule has 0 bridgehead atoms. The Morgan fingerprint density at radius 2 is 0.691 bits per heavy atom. The molecule has 21 atom stereocenters. The van der Waals surface area contributed by atoms with Gasteiger partial charge in [-0.15, -0.1) is 0 Å². The fourth-order valence-electron chi connectivity index (χ4n) is 23.3. The summed E-state index contributed by atoms with van der Waals surface area (Å²) in [6.45, 7) is 59.3. The van der Waals surface area contributed by atoms with E-state index in [1.54, 1.807) is 30.5 Å². The van der Waals surface area contributed by atoms with Gasteiger partial charge in [0.15, 0.2) is 11.6 Å². The number of fused-ring (bicyclic) bond motifs is 8. The SMILES string of the molecule is C=C(NC(C)(C)COc1cccnc1C)C1[C@H]2CNC[C@@H]12.CC(C)(COc1ccccc1Cl)NC(=O)C1[C@H]2CNC[C@@H]12.CC(C)(COc1ccccc1F)NC(=O)C1[C@H]2CNC[C@@H]12.CCc1ccccc1OCC(C)(C)NC(=O)C1[C@H]2CNC[C@@H]12.Cc1cccc(OCC(C)(C)NC(=O)C2[C@H]3CNC[C@@H]23)c1.Cc1ccccc1OCC(C)(C)NC(=O)C1[C@H]2CNC[C@@H]12.Cc1nc(C(C)(C)NC(=O)C2[C@H]3CNC[C@@H]23)n2ccccc12. The quantitative estimate of drug-likeness (QED) is 0.0175. The minimum absolute atomic E-state index is 0.0913. The summed E-state index contributed by atoms with van der Waals surface area (Å²) in [5.41, 5.74) is 5.03. The minimum Gasteiger partial charge on any atom is -0.491 e. The Hall–Kier alpha value is -11.0. The molecule has 6 amide bonds. The number of ether oxygens (including phenoxy) is 6. The Morgan fingerprint density at radius 1 is 0.362 bits per heavy atom. The normalized spacial score (nSPS) is 27.0. The number of allylic oxidation sites excluding steroid dienone is 1. The van der Waals surface area contributed by atoms with Crippen molar-refractivity contribution in [2.24, 2.45) is 124 Å². The molecule has 0 radical (unpaired) electrons. The average molecular weight is 2070 g/mol. The van der Waals surface area contributed by atoms with Crippen LogP contribution in [0, 0.1) is 158 Å². The number of aromatic nitrogens is 3. The van der Waals surface area contributed by atoms with Crippen molar-refractivity contribution < 1.29 is 61.6 Å².